The molecule has 1 heterocycles. The topological polar surface area (TPSA) is 94.0 Å². The number of nitrogens with one attached hydrogen (secondary N) is 1. The number of benzene rings is 2. The smallest absolute Gasteiger partial charge is 0.257 e. The maximum absolute atomic E-state index is 12.2. The molecule has 8 heteroatoms. The van der Waals surface area contributed by atoms with Gasteiger partial charge in [0.1, 0.15) is 0 Å². The van der Waals surface area contributed by atoms with Crippen LogP contribution in [-0.4, -0.2) is 16.0 Å². The second-order valence-electron chi connectivity index (χ2n) is 6.81. The number of rotatable bonds is 4. The van der Waals surface area contributed by atoms with E-state index in [-0.39, 0.29) is 18.4 Å². The lowest BCUT2D eigenvalue weighted by Crippen LogP contribution is -2.17. The molecule has 3 aromatic rings. The Hall–Kier alpha value is -2.41. The molecule has 6 nitrogen and oxygen atoms in total. The van der Waals surface area contributed by atoms with E-state index >= 15 is 0 Å². The van der Waals surface area contributed by atoms with Crippen LogP contribution in [0.25, 0.3) is 11.5 Å². The Morgan fingerprint density at radius 2 is 2.00 bits per heavy atom. The van der Waals surface area contributed by atoms with Crippen LogP contribution in [0.5, 0.6) is 0 Å². The first kappa shape index (κ1) is 18.9. The minimum Gasteiger partial charge on any atom is -0.334 e. The van der Waals surface area contributed by atoms with Crippen molar-refractivity contribution in [2.24, 2.45) is 5.73 Å². The van der Waals surface area contributed by atoms with Gasteiger partial charge in [-0.2, -0.15) is 4.98 Å². The summed E-state index contributed by atoms with van der Waals surface area (Å²) in [4.78, 5) is 16.6. The minimum atomic E-state index is -0.290. The Labute approximate surface area is 172 Å². The van der Waals surface area contributed by atoms with Gasteiger partial charge in [-0.1, -0.05) is 34.4 Å². The van der Waals surface area contributed by atoms with Gasteiger partial charge in [-0.25, -0.2) is 0 Å². The van der Waals surface area contributed by atoms with E-state index in [0.717, 1.165) is 24.8 Å². The summed E-state index contributed by atoms with van der Waals surface area (Å²) in [6.07, 6.45) is 3.04. The quantitative estimate of drug-likeness (QED) is 0.649. The van der Waals surface area contributed by atoms with Crippen LogP contribution in [0.15, 0.2) is 40.9 Å². The number of amides is 1. The number of hydrogen-bond acceptors (Lipinski definition) is 5. The molecule has 1 aliphatic rings. The van der Waals surface area contributed by atoms with Crippen LogP contribution in [0.1, 0.15) is 35.8 Å². The summed E-state index contributed by atoms with van der Waals surface area (Å²) in [5.41, 5.74) is 9.89. The molecule has 2 aromatic carbocycles. The summed E-state index contributed by atoms with van der Waals surface area (Å²) >= 11 is 11.9. The third-order valence-corrected chi connectivity index (χ3v) is 5.12. The van der Waals surface area contributed by atoms with Gasteiger partial charge in [0.15, 0.2) is 5.82 Å². The van der Waals surface area contributed by atoms with Crippen LogP contribution in [0, 0.1) is 0 Å². The van der Waals surface area contributed by atoms with E-state index in [1.165, 1.54) is 11.1 Å². The highest BCUT2D eigenvalue weighted by Crippen LogP contribution is 2.31. The van der Waals surface area contributed by atoms with E-state index in [1.54, 1.807) is 18.2 Å². The lowest BCUT2D eigenvalue weighted by atomic mass is 9.87. The number of carbonyl (C=O) groups is 1. The number of aryl methyl sites for hydroxylation is 1. The zero-order chi connectivity index (χ0) is 19.7. The van der Waals surface area contributed by atoms with E-state index in [0.29, 0.717) is 27.4 Å². The van der Waals surface area contributed by atoms with Gasteiger partial charge in [-0.3, -0.25) is 4.79 Å². The number of halogens is 2. The molecule has 0 spiro atoms. The molecule has 0 fully saturated rings. The number of anilines is 1. The van der Waals surface area contributed by atoms with E-state index in [1.807, 2.05) is 18.2 Å². The second kappa shape index (κ2) is 7.91. The standard InChI is InChI=1S/C20H18Cl2N4O2/c21-13-7-14(22)9-15(8-13)24-19(27)10-18-25-20(28-26-18)12-4-5-16-11(6-12)2-1-3-17(16)23/h4-9,17H,1-3,10,23H2,(H,24,27). The summed E-state index contributed by atoms with van der Waals surface area (Å²) in [7, 11) is 0. The molecule has 0 saturated carbocycles. The van der Waals surface area contributed by atoms with Crippen LogP contribution in [0.4, 0.5) is 5.69 Å². The third kappa shape index (κ3) is 4.19. The van der Waals surface area contributed by atoms with Gasteiger partial charge >= 0.3 is 0 Å². The van der Waals surface area contributed by atoms with Crippen molar-refractivity contribution in [2.45, 2.75) is 31.7 Å². The molecule has 1 atom stereocenters. The monoisotopic (exact) mass is 416 g/mol. The van der Waals surface area contributed by atoms with Gasteiger partial charge in [-0.15, -0.1) is 0 Å². The van der Waals surface area contributed by atoms with Crippen molar-refractivity contribution in [2.75, 3.05) is 5.32 Å². The summed E-state index contributed by atoms with van der Waals surface area (Å²) in [5.74, 6) is 0.396. The lowest BCUT2D eigenvalue weighted by molar-refractivity contribution is -0.115. The van der Waals surface area contributed by atoms with Crippen molar-refractivity contribution < 1.29 is 9.32 Å². The Morgan fingerprint density at radius 1 is 1.21 bits per heavy atom. The van der Waals surface area contributed by atoms with E-state index < -0.39 is 0 Å². The molecular formula is C20H18Cl2N4O2. The van der Waals surface area contributed by atoms with E-state index in [2.05, 4.69) is 15.5 Å². The fraction of sp³-hybridized carbons (Fsp3) is 0.250. The SMILES string of the molecule is NC1CCCc2cc(-c3nc(CC(=O)Nc4cc(Cl)cc(Cl)c4)no3)ccc21. The van der Waals surface area contributed by atoms with Crippen molar-refractivity contribution >= 4 is 34.8 Å². The zero-order valence-corrected chi connectivity index (χ0v) is 16.4. The van der Waals surface area contributed by atoms with Crippen LogP contribution in [0.2, 0.25) is 10.0 Å². The van der Waals surface area contributed by atoms with Crippen LogP contribution in [0.3, 0.4) is 0 Å². The van der Waals surface area contributed by atoms with Gasteiger partial charge < -0.3 is 15.6 Å². The molecule has 0 aliphatic heterocycles. The molecule has 3 N–H and O–H groups in total. The van der Waals surface area contributed by atoms with Gasteiger partial charge in [0.05, 0.1) is 6.42 Å². The molecule has 28 heavy (non-hydrogen) atoms. The normalized spacial score (nSPS) is 15.9. The zero-order valence-electron chi connectivity index (χ0n) is 14.9. The average Bonchev–Trinajstić information content (AvgIpc) is 3.09. The van der Waals surface area contributed by atoms with Crippen molar-refractivity contribution in [3.8, 4) is 11.5 Å². The maximum Gasteiger partial charge on any atom is 0.257 e. The lowest BCUT2D eigenvalue weighted by Gasteiger charge is -2.22. The fourth-order valence-electron chi connectivity index (χ4n) is 3.40. The molecule has 1 amide bonds. The van der Waals surface area contributed by atoms with E-state index in [4.69, 9.17) is 33.5 Å². The highest BCUT2D eigenvalue weighted by molar-refractivity contribution is 6.35. The average molecular weight is 417 g/mol. The van der Waals surface area contributed by atoms with Crippen molar-refractivity contribution in [1.82, 2.24) is 10.1 Å². The van der Waals surface area contributed by atoms with Gasteiger partial charge in [-0.05, 0) is 60.7 Å². The molecule has 1 aromatic heterocycles. The van der Waals surface area contributed by atoms with Gasteiger partial charge in [0.25, 0.3) is 5.89 Å². The Morgan fingerprint density at radius 3 is 2.79 bits per heavy atom. The van der Waals surface area contributed by atoms with Gasteiger partial charge in [0, 0.05) is 27.3 Å². The molecule has 144 valence electrons. The van der Waals surface area contributed by atoms with Crippen molar-refractivity contribution in [3.05, 3.63) is 63.4 Å². The summed E-state index contributed by atoms with van der Waals surface area (Å²) in [6.45, 7) is 0. The Kier molecular flexibility index (Phi) is 5.35. The Balaban J connectivity index is 1.46. The highest BCUT2D eigenvalue weighted by atomic mass is 35.5. The fourth-order valence-corrected chi connectivity index (χ4v) is 3.93. The number of nitrogens with zero attached hydrogens (tertiary/aromatic N) is 2. The molecule has 1 unspecified atom stereocenters. The first-order valence-electron chi connectivity index (χ1n) is 8.95. The van der Waals surface area contributed by atoms with Crippen LogP contribution in [-0.2, 0) is 17.6 Å². The van der Waals surface area contributed by atoms with Crippen molar-refractivity contribution in [1.29, 1.82) is 0 Å². The maximum atomic E-state index is 12.2. The predicted molar refractivity (Wildman–Crippen MR) is 108 cm³/mol. The van der Waals surface area contributed by atoms with Gasteiger partial charge in [0.2, 0.25) is 5.91 Å². The summed E-state index contributed by atoms with van der Waals surface area (Å²) in [5, 5.41) is 7.52. The molecule has 4 rings (SSSR count). The van der Waals surface area contributed by atoms with E-state index in [9.17, 15) is 4.79 Å². The number of aromatic nitrogens is 2. The third-order valence-electron chi connectivity index (χ3n) is 4.68. The number of hydrogen-bond donors (Lipinski definition) is 2. The minimum absolute atomic E-state index is 0.0244. The number of carbonyl (C=O) groups excluding carboxylic acids is 1. The predicted octanol–water partition coefficient (Wildman–Crippen LogP) is 4.56. The first-order chi connectivity index (χ1) is 13.5. The molecule has 0 saturated heterocycles. The molecule has 0 bridgehead atoms. The Bertz CT molecular complexity index is 1010. The molecule has 0 radical (unpaired) electrons. The molecule has 1 aliphatic carbocycles. The van der Waals surface area contributed by atoms with Crippen molar-refractivity contribution in [3.63, 3.8) is 0 Å². The number of nitrogens with two attached hydrogens (primary N) is 1. The first-order valence-corrected chi connectivity index (χ1v) is 9.71. The highest BCUT2D eigenvalue weighted by Gasteiger charge is 2.19. The molecular weight excluding hydrogens is 399 g/mol. The summed E-state index contributed by atoms with van der Waals surface area (Å²) in [6, 6.07) is 10.9. The summed E-state index contributed by atoms with van der Waals surface area (Å²) < 4.78 is 5.34. The number of fused-ring (bicyclic) bond motifs is 1. The van der Waals surface area contributed by atoms with Crippen LogP contribution >= 0.6 is 23.2 Å². The van der Waals surface area contributed by atoms with Crippen LogP contribution < -0.4 is 11.1 Å². The second-order valence-corrected chi connectivity index (χ2v) is 7.68. The largest absolute Gasteiger partial charge is 0.334 e.